The Hall–Kier alpha value is -1.55. The molecule has 2 rings (SSSR count). The molecule has 4 heteroatoms. The summed E-state index contributed by atoms with van der Waals surface area (Å²) in [5, 5.41) is 8.64. The van der Waals surface area contributed by atoms with E-state index in [4.69, 9.17) is 10.8 Å². The number of benzene rings is 1. The molecule has 92 valence electrons. The standard InChI is InChI=1S/C13H18N2O2/c1-15-7-6-10-8-9(2-4-12(10)15)11(14)3-5-13(16)17/h2,4,8,11H,3,5-7,14H2,1H3,(H,16,17). The Kier molecular flexibility index (Phi) is 3.33. The van der Waals surface area contributed by atoms with E-state index in [-0.39, 0.29) is 12.5 Å². The van der Waals surface area contributed by atoms with Gasteiger partial charge in [0.25, 0.3) is 0 Å². The predicted molar refractivity (Wildman–Crippen MR) is 67.2 cm³/mol. The van der Waals surface area contributed by atoms with Crippen molar-refractivity contribution in [2.45, 2.75) is 25.3 Å². The van der Waals surface area contributed by atoms with Crippen LogP contribution in [0.2, 0.25) is 0 Å². The molecule has 0 fully saturated rings. The molecule has 0 aliphatic carbocycles. The number of hydrogen-bond donors (Lipinski definition) is 2. The Morgan fingerprint density at radius 2 is 2.35 bits per heavy atom. The summed E-state index contributed by atoms with van der Waals surface area (Å²) >= 11 is 0. The van der Waals surface area contributed by atoms with Crippen LogP contribution in [0.3, 0.4) is 0 Å². The Balaban J connectivity index is 2.09. The lowest BCUT2D eigenvalue weighted by Crippen LogP contribution is -2.13. The molecule has 1 aliphatic heterocycles. The second-order valence-corrected chi connectivity index (χ2v) is 4.60. The van der Waals surface area contributed by atoms with Crippen LogP contribution in [0, 0.1) is 0 Å². The summed E-state index contributed by atoms with van der Waals surface area (Å²) in [5.41, 5.74) is 9.62. The van der Waals surface area contributed by atoms with E-state index in [0.717, 1.165) is 18.5 Å². The van der Waals surface area contributed by atoms with Crippen LogP contribution >= 0.6 is 0 Å². The predicted octanol–water partition coefficient (Wildman–Crippen LogP) is 1.54. The zero-order valence-electron chi connectivity index (χ0n) is 10.0. The molecule has 4 nitrogen and oxygen atoms in total. The molecule has 3 N–H and O–H groups in total. The van der Waals surface area contributed by atoms with Gasteiger partial charge in [0, 0.05) is 31.7 Å². The summed E-state index contributed by atoms with van der Waals surface area (Å²) in [7, 11) is 2.08. The Bertz CT molecular complexity index is 431. The van der Waals surface area contributed by atoms with Crippen LogP contribution in [-0.4, -0.2) is 24.7 Å². The number of carboxylic acids is 1. The minimum absolute atomic E-state index is 0.123. The van der Waals surface area contributed by atoms with Crippen LogP contribution in [-0.2, 0) is 11.2 Å². The number of carbonyl (C=O) groups is 1. The molecule has 0 aromatic heterocycles. The molecular weight excluding hydrogens is 216 g/mol. The normalized spacial score (nSPS) is 15.8. The van der Waals surface area contributed by atoms with Crippen LogP contribution in [0.25, 0.3) is 0 Å². The second-order valence-electron chi connectivity index (χ2n) is 4.60. The van der Waals surface area contributed by atoms with Crippen molar-refractivity contribution in [2.24, 2.45) is 5.73 Å². The summed E-state index contributed by atoms with van der Waals surface area (Å²) in [4.78, 5) is 12.7. The summed E-state index contributed by atoms with van der Waals surface area (Å²) < 4.78 is 0. The zero-order valence-corrected chi connectivity index (χ0v) is 10.0. The number of carboxylic acid groups (broad SMARTS) is 1. The molecule has 0 bridgehead atoms. The smallest absolute Gasteiger partial charge is 0.303 e. The molecule has 1 aromatic carbocycles. The van der Waals surface area contributed by atoms with Crippen molar-refractivity contribution >= 4 is 11.7 Å². The van der Waals surface area contributed by atoms with Crippen molar-refractivity contribution in [1.82, 2.24) is 0 Å². The van der Waals surface area contributed by atoms with Gasteiger partial charge in [0.2, 0.25) is 0 Å². The maximum atomic E-state index is 10.5. The first-order valence-electron chi connectivity index (χ1n) is 5.89. The van der Waals surface area contributed by atoms with E-state index in [1.807, 2.05) is 6.07 Å². The van der Waals surface area contributed by atoms with Crippen molar-refractivity contribution < 1.29 is 9.90 Å². The zero-order chi connectivity index (χ0) is 12.4. The van der Waals surface area contributed by atoms with Gasteiger partial charge in [0.05, 0.1) is 0 Å². The molecule has 1 unspecified atom stereocenters. The quantitative estimate of drug-likeness (QED) is 0.829. The lowest BCUT2D eigenvalue weighted by atomic mass is 9.99. The van der Waals surface area contributed by atoms with Gasteiger partial charge >= 0.3 is 5.97 Å². The van der Waals surface area contributed by atoms with E-state index < -0.39 is 5.97 Å². The third-order valence-corrected chi connectivity index (χ3v) is 3.33. The van der Waals surface area contributed by atoms with Crippen LogP contribution in [0.4, 0.5) is 5.69 Å². The van der Waals surface area contributed by atoms with Gasteiger partial charge in [-0.25, -0.2) is 0 Å². The molecular formula is C13H18N2O2. The molecule has 1 aromatic rings. The first-order chi connectivity index (χ1) is 8.08. The lowest BCUT2D eigenvalue weighted by molar-refractivity contribution is -0.137. The van der Waals surface area contributed by atoms with Gasteiger partial charge < -0.3 is 15.7 Å². The highest BCUT2D eigenvalue weighted by atomic mass is 16.4. The van der Waals surface area contributed by atoms with Gasteiger partial charge in [-0.2, -0.15) is 0 Å². The van der Waals surface area contributed by atoms with Gasteiger partial charge in [-0.3, -0.25) is 4.79 Å². The number of fused-ring (bicyclic) bond motifs is 1. The van der Waals surface area contributed by atoms with E-state index in [2.05, 4.69) is 24.1 Å². The van der Waals surface area contributed by atoms with Crippen molar-refractivity contribution in [3.8, 4) is 0 Å². The Morgan fingerprint density at radius 1 is 1.59 bits per heavy atom. The molecule has 0 radical (unpaired) electrons. The molecule has 1 aliphatic rings. The van der Waals surface area contributed by atoms with E-state index in [0.29, 0.717) is 6.42 Å². The topological polar surface area (TPSA) is 66.6 Å². The second kappa shape index (κ2) is 4.75. The van der Waals surface area contributed by atoms with E-state index in [1.54, 1.807) is 0 Å². The molecule has 17 heavy (non-hydrogen) atoms. The van der Waals surface area contributed by atoms with Gasteiger partial charge in [-0.15, -0.1) is 0 Å². The number of likely N-dealkylation sites (N-methyl/N-ethyl adjacent to an activating group) is 1. The average Bonchev–Trinajstić information content (AvgIpc) is 2.67. The SMILES string of the molecule is CN1CCc2cc(C(N)CCC(=O)O)ccc21. The van der Waals surface area contributed by atoms with Gasteiger partial charge in [-0.1, -0.05) is 12.1 Å². The maximum absolute atomic E-state index is 10.5. The Morgan fingerprint density at radius 3 is 3.06 bits per heavy atom. The highest BCUT2D eigenvalue weighted by Gasteiger charge is 2.17. The van der Waals surface area contributed by atoms with Gasteiger partial charge in [0.1, 0.15) is 0 Å². The van der Waals surface area contributed by atoms with Crippen LogP contribution in [0.15, 0.2) is 18.2 Å². The number of aliphatic carboxylic acids is 1. The van der Waals surface area contributed by atoms with Crippen LogP contribution < -0.4 is 10.6 Å². The van der Waals surface area contributed by atoms with E-state index in [1.165, 1.54) is 11.3 Å². The van der Waals surface area contributed by atoms with Crippen LogP contribution in [0.1, 0.15) is 30.0 Å². The monoisotopic (exact) mass is 234 g/mol. The van der Waals surface area contributed by atoms with Crippen molar-refractivity contribution in [2.75, 3.05) is 18.5 Å². The summed E-state index contributed by atoms with van der Waals surface area (Å²) in [6.07, 6.45) is 1.66. The third-order valence-electron chi connectivity index (χ3n) is 3.33. The maximum Gasteiger partial charge on any atom is 0.303 e. The minimum atomic E-state index is -0.790. The third kappa shape index (κ3) is 2.58. The molecule has 0 amide bonds. The van der Waals surface area contributed by atoms with Crippen LogP contribution in [0.5, 0.6) is 0 Å². The number of nitrogens with two attached hydrogens (primary N) is 1. The number of nitrogens with zero attached hydrogens (tertiary/aromatic N) is 1. The van der Waals surface area contributed by atoms with Gasteiger partial charge in [-0.05, 0) is 30.0 Å². The summed E-state index contributed by atoms with van der Waals surface area (Å²) in [6, 6.07) is 6.03. The van der Waals surface area contributed by atoms with Gasteiger partial charge in [0.15, 0.2) is 0 Å². The first kappa shape index (κ1) is 11.9. The van der Waals surface area contributed by atoms with E-state index >= 15 is 0 Å². The minimum Gasteiger partial charge on any atom is -0.481 e. The Labute approximate surface area is 101 Å². The number of anilines is 1. The highest BCUT2D eigenvalue weighted by Crippen LogP contribution is 2.29. The summed E-state index contributed by atoms with van der Waals surface area (Å²) in [5.74, 6) is -0.790. The fourth-order valence-corrected chi connectivity index (χ4v) is 2.26. The largest absolute Gasteiger partial charge is 0.481 e. The number of rotatable bonds is 4. The average molecular weight is 234 g/mol. The van der Waals surface area contributed by atoms with Crippen molar-refractivity contribution in [3.63, 3.8) is 0 Å². The molecule has 0 spiro atoms. The molecule has 0 saturated heterocycles. The summed E-state index contributed by atoms with van der Waals surface area (Å²) in [6.45, 7) is 1.04. The fraction of sp³-hybridized carbons (Fsp3) is 0.462. The van der Waals surface area contributed by atoms with Crippen molar-refractivity contribution in [3.05, 3.63) is 29.3 Å². The molecule has 1 atom stereocenters. The number of hydrogen-bond acceptors (Lipinski definition) is 3. The van der Waals surface area contributed by atoms with E-state index in [9.17, 15) is 4.79 Å². The first-order valence-corrected chi connectivity index (χ1v) is 5.89. The lowest BCUT2D eigenvalue weighted by Gasteiger charge is -2.15. The molecule has 0 saturated carbocycles. The fourth-order valence-electron chi connectivity index (χ4n) is 2.26. The highest BCUT2D eigenvalue weighted by molar-refractivity contribution is 5.66. The van der Waals surface area contributed by atoms with Crippen molar-refractivity contribution in [1.29, 1.82) is 0 Å². The molecule has 1 heterocycles.